The van der Waals surface area contributed by atoms with Gasteiger partial charge in [0.1, 0.15) is 5.82 Å². The summed E-state index contributed by atoms with van der Waals surface area (Å²) in [5, 5.41) is 18.7. The number of likely N-dealkylation sites (tertiary alicyclic amines) is 1. The van der Waals surface area contributed by atoms with Gasteiger partial charge in [0, 0.05) is 19.5 Å². The number of imidazole rings is 1. The van der Waals surface area contributed by atoms with Crippen LogP contribution in [0.3, 0.4) is 0 Å². The zero-order valence-corrected chi connectivity index (χ0v) is 15.8. The number of aromatic nitrogens is 2. The number of rotatable bonds is 7. The van der Waals surface area contributed by atoms with Crippen molar-refractivity contribution in [3.63, 3.8) is 0 Å². The third kappa shape index (κ3) is 4.20. The van der Waals surface area contributed by atoms with E-state index < -0.39 is 5.91 Å². The molecule has 0 aliphatic carbocycles. The highest BCUT2D eigenvalue weighted by Gasteiger charge is 2.19. The summed E-state index contributed by atoms with van der Waals surface area (Å²) < 4.78 is 2.28. The predicted molar refractivity (Wildman–Crippen MR) is 103 cm³/mol. The summed E-state index contributed by atoms with van der Waals surface area (Å²) in [4.78, 5) is 18.5. The highest BCUT2D eigenvalue weighted by Crippen LogP contribution is 2.21. The van der Waals surface area contributed by atoms with Crippen molar-refractivity contribution in [1.82, 2.24) is 24.9 Å². The number of fused-ring (bicyclic) bond motifs is 1. The Morgan fingerprint density at radius 1 is 1.21 bits per heavy atom. The molecule has 4 rings (SSSR count). The van der Waals surface area contributed by atoms with E-state index in [1.807, 2.05) is 23.2 Å². The molecule has 3 heterocycles. The molecule has 1 saturated heterocycles. The van der Waals surface area contributed by atoms with Crippen molar-refractivity contribution in [1.29, 1.82) is 0 Å². The molecule has 0 unspecified atom stereocenters. The van der Waals surface area contributed by atoms with Gasteiger partial charge in [0.2, 0.25) is 5.91 Å². The number of nitrogens with one attached hydrogen (secondary N) is 1. The first kappa shape index (κ1) is 18.6. The van der Waals surface area contributed by atoms with E-state index >= 15 is 0 Å². The van der Waals surface area contributed by atoms with E-state index in [9.17, 15) is 4.79 Å². The molecule has 0 radical (unpaired) electrons. The van der Waals surface area contributed by atoms with E-state index in [-0.39, 0.29) is 6.42 Å². The lowest BCUT2D eigenvalue weighted by Crippen LogP contribution is -2.26. The van der Waals surface area contributed by atoms with E-state index in [0.717, 1.165) is 29.9 Å². The summed E-state index contributed by atoms with van der Waals surface area (Å²) in [6.45, 7) is 5.36. The second-order valence-corrected chi connectivity index (χ2v) is 7.16. The van der Waals surface area contributed by atoms with Crippen LogP contribution in [0.5, 0.6) is 0 Å². The fourth-order valence-electron chi connectivity index (χ4n) is 3.73. The number of carbonyl (C=O) groups excluding carboxylic acids is 1. The van der Waals surface area contributed by atoms with Crippen molar-refractivity contribution in [2.75, 3.05) is 26.2 Å². The van der Waals surface area contributed by atoms with Crippen LogP contribution in [0.4, 0.5) is 0 Å². The monoisotopic (exact) mass is 383 g/mol. The number of benzene rings is 1. The first-order valence-corrected chi connectivity index (χ1v) is 9.68. The lowest BCUT2D eigenvalue weighted by Gasteiger charge is -2.18. The minimum atomic E-state index is -0.468. The third-order valence-corrected chi connectivity index (χ3v) is 5.19. The van der Waals surface area contributed by atoms with E-state index in [1.165, 1.54) is 25.9 Å². The Morgan fingerprint density at radius 3 is 2.86 bits per heavy atom. The van der Waals surface area contributed by atoms with E-state index in [2.05, 4.69) is 25.9 Å². The molecule has 0 spiro atoms. The van der Waals surface area contributed by atoms with Crippen molar-refractivity contribution in [2.24, 2.45) is 10.3 Å². The van der Waals surface area contributed by atoms with Crippen LogP contribution >= 0.6 is 0 Å². The SMILES string of the molecule is O=C(C/C=C1/CN(Cc2nc3ccccc3n2CCN2CCCC2)N=N1)NO. The highest BCUT2D eigenvalue weighted by atomic mass is 16.5. The fourth-order valence-corrected chi connectivity index (χ4v) is 3.73. The van der Waals surface area contributed by atoms with Crippen molar-refractivity contribution >= 4 is 16.9 Å². The summed E-state index contributed by atoms with van der Waals surface area (Å²) in [5.41, 5.74) is 4.46. The van der Waals surface area contributed by atoms with Gasteiger partial charge in [0.25, 0.3) is 0 Å². The van der Waals surface area contributed by atoms with Crippen LogP contribution in [0.1, 0.15) is 25.1 Å². The number of nitrogens with zero attached hydrogens (tertiary/aromatic N) is 6. The maximum Gasteiger partial charge on any atom is 0.247 e. The van der Waals surface area contributed by atoms with Crippen LogP contribution < -0.4 is 5.48 Å². The molecule has 9 heteroatoms. The summed E-state index contributed by atoms with van der Waals surface area (Å²) in [6.07, 6.45) is 4.32. The van der Waals surface area contributed by atoms with Crippen LogP contribution in [0.15, 0.2) is 46.4 Å². The van der Waals surface area contributed by atoms with Gasteiger partial charge in [0.05, 0.1) is 29.8 Å². The topological polar surface area (TPSA) is 98.4 Å². The van der Waals surface area contributed by atoms with Crippen molar-refractivity contribution in [3.05, 3.63) is 41.9 Å². The maximum absolute atomic E-state index is 11.2. The standard InChI is InChI=1S/C19H25N7O2/c27-19(22-28)8-7-15-13-25(23-21-15)14-18-20-16-5-1-2-6-17(16)26(18)12-11-24-9-3-4-10-24/h1-2,5-7,28H,3-4,8-14H2,(H,22,27)/b15-7-. The number of amides is 1. The van der Waals surface area contributed by atoms with Gasteiger partial charge in [-0.1, -0.05) is 17.4 Å². The van der Waals surface area contributed by atoms with Gasteiger partial charge < -0.3 is 9.47 Å². The van der Waals surface area contributed by atoms with Gasteiger partial charge in [-0.3, -0.25) is 15.0 Å². The Kier molecular flexibility index (Phi) is 5.63. The molecule has 2 N–H and O–H groups in total. The molecule has 2 aromatic rings. The number of para-hydroxylation sites is 2. The summed E-state index contributed by atoms with van der Waals surface area (Å²) in [5.74, 6) is 0.499. The van der Waals surface area contributed by atoms with Crippen LogP contribution in [0.25, 0.3) is 11.0 Å². The van der Waals surface area contributed by atoms with Gasteiger partial charge in [0.15, 0.2) is 0 Å². The van der Waals surface area contributed by atoms with E-state index in [0.29, 0.717) is 18.8 Å². The molecular formula is C19H25N7O2. The second kappa shape index (κ2) is 8.49. The van der Waals surface area contributed by atoms with E-state index in [1.54, 1.807) is 11.6 Å². The van der Waals surface area contributed by atoms with Crippen molar-refractivity contribution in [3.8, 4) is 0 Å². The average molecular weight is 383 g/mol. The molecule has 0 saturated carbocycles. The second-order valence-electron chi connectivity index (χ2n) is 7.16. The third-order valence-electron chi connectivity index (χ3n) is 5.19. The van der Waals surface area contributed by atoms with E-state index in [4.69, 9.17) is 10.2 Å². The molecule has 1 aromatic carbocycles. The van der Waals surface area contributed by atoms with Gasteiger partial charge in [-0.05, 0) is 44.1 Å². The Morgan fingerprint density at radius 2 is 2.04 bits per heavy atom. The van der Waals surface area contributed by atoms with Crippen LogP contribution in [0, 0.1) is 0 Å². The molecule has 1 fully saturated rings. The maximum atomic E-state index is 11.2. The van der Waals surface area contributed by atoms with Crippen LogP contribution in [0.2, 0.25) is 0 Å². The lowest BCUT2D eigenvalue weighted by atomic mass is 10.3. The van der Waals surface area contributed by atoms with Gasteiger partial charge in [-0.15, -0.1) is 5.11 Å². The fraction of sp³-hybridized carbons (Fsp3) is 0.474. The Labute approximate surface area is 163 Å². The highest BCUT2D eigenvalue weighted by molar-refractivity contribution is 5.76. The molecule has 1 aromatic heterocycles. The largest absolute Gasteiger partial charge is 0.325 e. The first-order valence-electron chi connectivity index (χ1n) is 9.68. The Hall–Kier alpha value is -2.78. The smallest absolute Gasteiger partial charge is 0.247 e. The van der Waals surface area contributed by atoms with Crippen LogP contribution in [-0.4, -0.2) is 56.8 Å². The molecule has 148 valence electrons. The molecule has 2 aliphatic rings. The van der Waals surface area contributed by atoms with Gasteiger partial charge in [-0.2, -0.15) is 0 Å². The van der Waals surface area contributed by atoms with Gasteiger partial charge in [-0.25, -0.2) is 10.5 Å². The quantitative estimate of drug-likeness (QED) is 0.564. The first-order chi connectivity index (χ1) is 13.7. The number of carbonyl (C=O) groups is 1. The molecular weight excluding hydrogens is 358 g/mol. The minimum Gasteiger partial charge on any atom is -0.325 e. The zero-order valence-electron chi connectivity index (χ0n) is 15.8. The lowest BCUT2D eigenvalue weighted by molar-refractivity contribution is -0.128. The Bertz CT molecular complexity index is 899. The summed E-state index contributed by atoms with van der Waals surface area (Å²) in [7, 11) is 0. The predicted octanol–water partition coefficient (Wildman–Crippen LogP) is 2.09. The minimum absolute atomic E-state index is 0.0764. The number of hydroxylamine groups is 1. The number of hydrogen-bond acceptors (Lipinski definition) is 7. The average Bonchev–Trinajstić information content (AvgIpc) is 3.45. The molecule has 28 heavy (non-hydrogen) atoms. The van der Waals surface area contributed by atoms with Crippen LogP contribution in [-0.2, 0) is 17.9 Å². The van der Waals surface area contributed by atoms with Crippen molar-refractivity contribution < 1.29 is 10.0 Å². The normalized spacial score (nSPS) is 18.6. The Balaban J connectivity index is 1.46. The van der Waals surface area contributed by atoms with Crippen molar-refractivity contribution in [2.45, 2.75) is 32.4 Å². The molecule has 1 amide bonds. The molecule has 0 atom stereocenters. The molecule has 0 bridgehead atoms. The molecule has 2 aliphatic heterocycles. The number of hydrogen-bond donors (Lipinski definition) is 2. The zero-order chi connectivity index (χ0) is 19.3. The van der Waals surface area contributed by atoms with Gasteiger partial charge >= 0.3 is 0 Å². The molecule has 9 nitrogen and oxygen atoms in total. The summed E-state index contributed by atoms with van der Waals surface area (Å²) in [6, 6.07) is 8.20. The summed E-state index contributed by atoms with van der Waals surface area (Å²) >= 11 is 0.